The van der Waals surface area contributed by atoms with Crippen molar-refractivity contribution in [1.82, 2.24) is 14.3 Å². The molecule has 3 aromatic rings. The Hall–Kier alpha value is -2.98. The molecular weight excluding hydrogens is 420 g/mol. The van der Waals surface area contributed by atoms with Crippen LogP contribution in [-0.2, 0) is 6.54 Å². The Labute approximate surface area is 171 Å². The van der Waals surface area contributed by atoms with E-state index < -0.39 is 5.56 Å². The summed E-state index contributed by atoms with van der Waals surface area (Å²) in [6.07, 6.45) is 0. The maximum Gasteiger partial charge on any atom is 0.285 e. The standard InChI is InChI=1S/C21H19BrN4O2/c1-12-8-18(15(4)26(12)17-7-5-6-16(22)9-17)20(27)11-25-21(28)19(10-23)13(2)14(3)24-25/h5-9H,11H2,1-4H3. The highest BCUT2D eigenvalue weighted by molar-refractivity contribution is 9.10. The number of halogens is 1. The number of aryl methyl sites for hydroxylation is 2. The molecule has 2 heterocycles. The predicted molar refractivity (Wildman–Crippen MR) is 110 cm³/mol. The van der Waals surface area contributed by atoms with E-state index in [1.807, 2.05) is 54.8 Å². The molecule has 0 fully saturated rings. The molecule has 0 aliphatic carbocycles. The maximum absolute atomic E-state index is 12.9. The lowest BCUT2D eigenvalue weighted by atomic mass is 10.1. The minimum absolute atomic E-state index is 0.0277. The smallest absolute Gasteiger partial charge is 0.285 e. The van der Waals surface area contributed by atoms with E-state index in [1.54, 1.807) is 13.8 Å². The Balaban J connectivity index is 2.02. The highest BCUT2D eigenvalue weighted by Crippen LogP contribution is 2.23. The molecule has 0 saturated heterocycles. The quantitative estimate of drug-likeness (QED) is 0.580. The first-order valence-corrected chi connectivity index (χ1v) is 9.50. The Kier molecular flexibility index (Phi) is 5.34. The van der Waals surface area contributed by atoms with Crippen molar-refractivity contribution in [3.05, 3.63) is 78.9 Å². The highest BCUT2D eigenvalue weighted by Gasteiger charge is 2.19. The number of nitriles is 1. The number of rotatable bonds is 4. The van der Waals surface area contributed by atoms with Crippen molar-refractivity contribution in [1.29, 1.82) is 5.26 Å². The first-order valence-electron chi connectivity index (χ1n) is 8.71. The van der Waals surface area contributed by atoms with Gasteiger partial charge in [-0.15, -0.1) is 0 Å². The summed E-state index contributed by atoms with van der Waals surface area (Å²) >= 11 is 3.47. The van der Waals surface area contributed by atoms with Crippen LogP contribution in [0.5, 0.6) is 0 Å². The molecule has 2 aromatic heterocycles. The topological polar surface area (TPSA) is 80.7 Å². The van der Waals surface area contributed by atoms with Crippen LogP contribution in [0.1, 0.15) is 38.6 Å². The monoisotopic (exact) mass is 438 g/mol. The molecule has 28 heavy (non-hydrogen) atoms. The largest absolute Gasteiger partial charge is 0.318 e. The summed E-state index contributed by atoms with van der Waals surface area (Å²) in [6, 6.07) is 11.5. The van der Waals surface area contributed by atoms with Crippen molar-refractivity contribution in [3.63, 3.8) is 0 Å². The summed E-state index contributed by atoms with van der Waals surface area (Å²) in [5.74, 6) is -0.226. The normalized spacial score (nSPS) is 10.7. The fourth-order valence-corrected chi connectivity index (χ4v) is 3.68. The minimum Gasteiger partial charge on any atom is -0.318 e. The van der Waals surface area contributed by atoms with Gasteiger partial charge in [0.15, 0.2) is 5.78 Å². The van der Waals surface area contributed by atoms with Crippen molar-refractivity contribution >= 4 is 21.7 Å². The van der Waals surface area contributed by atoms with Gasteiger partial charge in [-0.2, -0.15) is 10.4 Å². The molecule has 3 rings (SSSR count). The summed E-state index contributed by atoms with van der Waals surface area (Å²) in [5.41, 5.74) is 3.77. The number of nitrogens with zero attached hydrogens (tertiary/aromatic N) is 4. The van der Waals surface area contributed by atoms with Crippen LogP contribution in [0, 0.1) is 39.0 Å². The molecule has 7 heteroatoms. The van der Waals surface area contributed by atoms with Crippen molar-refractivity contribution in [2.24, 2.45) is 0 Å². The molecule has 0 aliphatic heterocycles. The van der Waals surface area contributed by atoms with Crippen molar-refractivity contribution in [2.45, 2.75) is 34.2 Å². The summed E-state index contributed by atoms with van der Waals surface area (Å²) in [4.78, 5) is 25.4. The van der Waals surface area contributed by atoms with Crippen LogP contribution in [0.2, 0.25) is 0 Å². The molecule has 0 bridgehead atoms. The van der Waals surface area contributed by atoms with E-state index in [-0.39, 0.29) is 17.9 Å². The van der Waals surface area contributed by atoms with E-state index in [1.165, 1.54) is 0 Å². The van der Waals surface area contributed by atoms with E-state index >= 15 is 0 Å². The van der Waals surface area contributed by atoms with Gasteiger partial charge in [0.25, 0.3) is 5.56 Å². The van der Waals surface area contributed by atoms with Crippen molar-refractivity contribution in [2.75, 3.05) is 0 Å². The fourth-order valence-electron chi connectivity index (χ4n) is 3.29. The molecular formula is C21H19BrN4O2. The summed E-state index contributed by atoms with van der Waals surface area (Å²) in [5, 5.41) is 13.4. The third kappa shape index (κ3) is 3.43. The van der Waals surface area contributed by atoms with Gasteiger partial charge in [-0.25, -0.2) is 4.68 Å². The number of carbonyl (C=O) groups excluding carboxylic acids is 1. The fraction of sp³-hybridized carbons (Fsp3) is 0.238. The first-order chi connectivity index (χ1) is 13.2. The van der Waals surface area contributed by atoms with E-state index in [2.05, 4.69) is 21.0 Å². The molecule has 0 aliphatic rings. The van der Waals surface area contributed by atoms with E-state index in [4.69, 9.17) is 0 Å². The number of ketones is 1. The summed E-state index contributed by atoms with van der Waals surface area (Å²) in [6.45, 7) is 6.99. The Morgan fingerprint density at radius 1 is 1.21 bits per heavy atom. The van der Waals surface area contributed by atoms with Crippen molar-refractivity contribution < 1.29 is 4.79 Å². The molecule has 0 N–H and O–H groups in total. The van der Waals surface area contributed by atoms with Gasteiger partial charge in [-0.05, 0) is 57.5 Å². The molecule has 142 valence electrons. The Morgan fingerprint density at radius 2 is 1.93 bits per heavy atom. The zero-order valence-corrected chi connectivity index (χ0v) is 17.7. The molecule has 0 radical (unpaired) electrons. The number of hydrogen-bond donors (Lipinski definition) is 0. The first kappa shape index (κ1) is 19.8. The Bertz CT molecular complexity index is 1200. The van der Waals surface area contributed by atoms with E-state index in [0.29, 0.717) is 16.8 Å². The van der Waals surface area contributed by atoms with E-state index in [0.717, 1.165) is 26.2 Å². The van der Waals surface area contributed by atoms with Gasteiger partial charge in [0, 0.05) is 27.1 Å². The molecule has 1 aromatic carbocycles. The molecule has 0 unspecified atom stereocenters. The van der Waals surface area contributed by atoms with Gasteiger partial charge in [0.2, 0.25) is 0 Å². The van der Waals surface area contributed by atoms with Gasteiger partial charge in [-0.3, -0.25) is 9.59 Å². The van der Waals surface area contributed by atoms with Crippen molar-refractivity contribution in [3.8, 4) is 11.8 Å². The van der Waals surface area contributed by atoms with Crippen LogP contribution >= 0.6 is 15.9 Å². The highest BCUT2D eigenvalue weighted by atomic mass is 79.9. The lowest BCUT2D eigenvalue weighted by Gasteiger charge is -2.11. The Morgan fingerprint density at radius 3 is 2.57 bits per heavy atom. The number of aromatic nitrogens is 3. The molecule has 0 atom stereocenters. The van der Waals surface area contributed by atoms with Gasteiger partial charge in [0.05, 0.1) is 5.69 Å². The van der Waals surface area contributed by atoms with Gasteiger partial charge < -0.3 is 4.57 Å². The van der Waals surface area contributed by atoms with E-state index in [9.17, 15) is 14.9 Å². The average Bonchev–Trinajstić information content (AvgIpc) is 2.94. The third-order valence-corrected chi connectivity index (χ3v) is 5.33. The molecule has 0 spiro atoms. The van der Waals surface area contributed by atoms with Crippen LogP contribution < -0.4 is 5.56 Å². The number of carbonyl (C=O) groups is 1. The lowest BCUT2D eigenvalue weighted by Crippen LogP contribution is -2.30. The van der Waals surface area contributed by atoms with Crippen LogP contribution in [0.25, 0.3) is 5.69 Å². The van der Waals surface area contributed by atoms with Gasteiger partial charge >= 0.3 is 0 Å². The predicted octanol–water partition coefficient (Wildman–Crippen LogP) is 3.78. The second kappa shape index (κ2) is 7.56. The van der Waals surface area contributed by atoms with Crippen LogP contribution in [0.4, 0.5) is 0 Å². The zero-order valence-electron chi connectivity index (χ0n) is 16.1. The average molecular weight is 439 g/mol. The minimum atomic E-state index is -0.542. The maximum atomic E-state index is 12.9. The molecule has 0 saturated carbocycles. The molecule has 0 amide bonds. The van der Waals surface area contributed by atoms with Crippen LogP contribution in [0.15, 0.2) is 39.6 Å². The number of benzene rings is 1. The zero-order chi connectivity index (χ0) is 20.6. The van der Waals surface area contributed by atoms with Gasteiger partial charge in [-0.1, -0.05) is 22.0 Å². The lowest BCUT2D eigenvalue weighted by molar-refractivity contribution is 0.0965. The number of Topliss-reactive ketones (excluding diaryl/α,β-unsaturated/α-hetero) is 1. The number of hydrogen-bond acceptors (Lipinski definition) is 4. The third-order valence-electron chi connectivity index (χ3n) is 4.84. The summed E-state index contributed by atoms with van der Waals surface area (Å²) < 4.78 is 4.02. The van der Waals surface area contributed by atoms with Gasteiger partial charge in [0.1, 0.15) is 18.2 Å². The van der Waals surface area contributed by atoms with Crippen LogP contribution in [-0.4, -0.2) is 20.1 Å². The van der Waals surface area contributed by atoms with Crippen LogP contribution in [0.3, 0.4) is 0 Å². The second-order valence-corrected chi connectivity index (χ2v) is 7.60. The second-order valence-electron chi connectivity index (χ2n) is 6.68. The molecule has 6 nitrogen and oxygen atoms in total. The SMILES string of the molecule is Cc1nn(CC(=O)c2cc(C)n(-c3cccc(Br)c3)c2C)c(=O)c(C#N)c1C. The summed E-state index contributed by atoms with van der Waals surface area (Å²) in [7, 11) is 0.